The van der Waals surface area contributed by atoms with Crippen molar-refractivity contribution in [2.24, 2.45) is 5.92 Å². The number of benzene rings is 1. The number of carbonyl (C=O) groups excluding carboxylic acids is 1. The molecule has 0 radical (unpaired) electrons. The van der Waals surface area contributed by atoms with Crippen molar-refractivity contribution in [2.45, 2.75) is 26.3 Å². The molecule has 0 unspecified atom stereocenters. The van der Waals surface area contributed by atoms with Crippen molar-refractivity contribution in [3.05, 3.63) is 46.1 Å². The Hall–Kier alpha value is -1.61. The van der Waals surface area contributed by atoms with E-state index in [1.54, 1.807) is 29.9 Å². The number of hydrogen-bond acceptors (Lipinski definition) is 4. The minimum absolute atomic E-state index is 0.0785. The second-order valence-electron chi connectivity index (χ2n) is 6.65. The Morgan fingerprint density at radius 3 is 2.64 bits per heavy atom. The molecule has 0 bridgehead atoms. The molecule has 10 heteroatoms. The number of piperidine rings is 1. The summed E-state index contributed by atoms with van der Waals surface area (Å²) in [5.74, 6) is 0.272. The summed E-state index contributed by atoms with van der Waals surface area (Å²) in [6.07, 6.45) is 2.60. The highest BCUT2D eigenvalue weighted by molar-refractivity contribution is 7.89. The number of aromatic nitrogens is 2. The van der Waals surface area contributed by atoms with E-state index in [0.29, 0.717) is 48.3 Å². The van der Waals surface area contributed by atoms with Crippen LogP contribution in [0.2, 0.25) is 10.0 Å². The van der Waals surface area contributed by atoms with E-state index in [1.165, 1.54) is 4.31 Å². The zero-order valence-electron chi connectivity index (χ0n) is 15.4. The zero-order chi connectivity index (χ0) is 20.3. The first kappa shape index (κ1) is 21.1. The molecule has 1 aromatic heterocycles. The number of amides is 1. The predicted molar refractivity (Wildman–Crippen MR) is 110 cm³/mol. The standard InChI is InChI=1S/C18H22Cl2N4O3S/c1-2-28(26,27)23-10-7-13(8-11-23)18(25)22-16-6-9-21-24(16)12-14-4-3-5-15(19)17(14)20/h3-6,9,13H,2,7-8,10-12H2,1H3,(H,22,25). The molecule has 0 saturated carbocycles. The molecule has 1 aliphatic heterocycles. The van der Waals surface area contributed by atoms with Crippen molar-refractivity contribution in [1.82, 2.24) is 14.1 Å². The maximum absolute atomic E-state index is 12.6. The van der Waals surface area contributed by atoms with Gasteiger partial charge in [-0.15, -0.1) is 0 Å². The Kier molecular flexibility index (Phi) is 6.65. The summed E-state index contributed by atoms with van der Waals surface area (Å²) < 4.78 is 27.0. The van der Waals surface area contributed by atoms with E-state index >= 15 is 0 Å². The van der Waals surface area contributed by atoms with E-state index in [2.05, 4.69) is 10.4 Å². The molecule has 2 aromatic rings. The number of carbonyl (C=O) groups is 1. The van der Waals surface area contributed by atoms with Crippen molar-refractivity contribution in [1.29, 1.82) is 0 Å². The molecule has 1 saturated heterocycles. The summed E-state index contributed by atoms with van der Waals surface area (Å²) in [5, 5.41) is 8.07. The average Bonchev–Trinajstić information content (AvgIpc) is 3.12. The number of halogens is 2. The van der Waals surface area contributed by atoms with Crippen LogP contribution in [0, 0.1) is 5.92 Å². The quantitative estimate of drug-likeness (QED) is 0.740. The average molecular weight is 445 g/mol. The summed E-state index contributed by atoms with van der Waals surface area (Å²) >= 11 is 12.3. The first-order valence-corrected chi connectivity index (χ1v) is 11.4. The number of sulfonamides is 1. The third-order valence-electron chi connectivity index (χ3n) is 4.90. The summed E-state index contributed by atoms with van der Waals surface area (Å²) in [5.41, 5.74) is 0.798. The molecule has 28 heavy (non-hydrogen) atoms. The lowest BCUT2D eigenvalue weighted by molar-refractivity contribution is -0.121. The van der Waals surface area contributed by atoms with E-state index in [0.717, 1.165) is 5.56 Å². The van der Waals surface area contributed by atoms with E-state index in [9.17, 15) is 13.2 Å². The normalized spacial score (nSPS) is 16.2. The van der Waals surface area contributed by atoms with Gasteiger partial charge < -0.3 is 5.32 Å². The fourth-order valence-corrected chi connectivity index (χ4v) is 4.72. The summed E-state index contributed by atoms with van der Waals surface area (Å²) in [4.78, 5) is 12.6. The fraction of sp³-hybridized carbons (Fsp3) is 0.444. The maximum atomic E-state index is 12.6. The molecule has 0 spiro atoms. The summed E-state index contributed by atoms with van der Waals surface area (Å²) in [7, 11) is -3.21. The highest BCUT2D eigenvalue weighted by Crippen LogP contribution is 2.27. The molecule has 7 nitrogen and oxygen atoms in total. The summed E-state index contributed by atoms with van der Waals surface area (Å²) in [6, 6.07) is 7.09. The van der Waals surface area contributed by atoms with E-state index in [1.807, 2.05) is 12.1 Å². The lowest BCUT2D eigenvalue weighted by atomic mass is 9.97. The van der Waals surface area contributed by atoms with Crippen LogP contribution in [0.15, 0.2) is 30.5 Å². The lowest BCUT2D eigenvalue weighted by Crippen LogP contribution is -2.42. The van der Waals surface area contributed by atoms with Crippen LogP contribution in [0.25, 0.3) is 0 Å². The van der Waals surface area contributed by atoms with Crippen molar-refractivity contribution < 1.29 is 13.2 Å². The van der Waals surface area contributed by atoms with Gasteiger partial charge >= 0.3 is 0 Å². The van der Waals surface area contributed by atoms with Crippen LogP contribution in [0.4, 0.5) is 5.82 Å². The third-order valence-corrected chi connectivity index (χ3v) is 7.64. The predicted octanol–water partition coefficient (Wildman–Crippen LogP) is 3.24. The van der Waals surface area contributed by atoms with Gasteiger partial charge in [0.2, 0.25) is 15.9 Å². The minimum atomic E-state index is -3.21. The Morgan fingerprint density at radius 1 is 1.25 bits per heavy atom. The number of hydrogen-bond donors (Lipinski definition) is 1. The van der Waals surface area contributed by atoms with Crippen LogP contribution in [-0.2, 0) is 21.4 Å². The third kappa shape index (κ3) is 4.68. The molecule has 1 amide bonds. The second kappa shape index (κ2) is 8.82. The van der Waals surface area contributed by atoms with Crippen LogP contribution in [0.5, 0.6) is 0 Å². The van der Waals surface area contributed by atoms with Crippen molar-refractivity contribution in [3.63, 3.8) is 0 Å². The van der Waals surface area contributed by atoms with Crippen molar-refractivity contribution >= 4 is 45.0 Å². The highest BCUT2D eigenvalue weighted by Gasteiger charge is 2.30. The first-order chi connectivity index (χ1) is 13.3. The van der Waals surface area contributed by atoms with Gasteiger partial charge in [0.15, 0.2) is 0 Å². The van der Waals surface area contributed by atoms with Gasteiger partial charge in [0.1, 0.15) is 5.82 Å². The van der Waals surface area contributed by atoms with Crippen LogP contribution >= 0.6 is 23.2 Å². The molecule has 1 aliphatic rings. The molecule has 1 fully saturated rings. The Balaban J connectivity index is 1.63. The van der Waals surface area contributed by atoms with Crippen LogP contribution in [0.1, 0.15) is 25.3 Å². The van der Waals surface area contributed by atoms with E-state index in [-0.39, 0.29) is 17.6 Å². The molecular weight excluding hydrogens is 423 g/mol. The van der Waals surface area contributed by atoms with Crippen molar-refractivity contribution in [3.8, 4) is 0 Å². The smallest absolute Gasteiger partial charge is 0.228 e. The fourth-order valence-electron chi connectivity index (χ4n) is 3.20. The van der Waals surface area contributed by atoms with E-state index < -0.39 is 10.0 Å². The molecular formula is C18H22Cl2N4O3S. The molecule has 0 atom stereocenters. The largest absolute Gasteiger partial charge is 0.311 e. The molecule has 152 valence electrons. The number of rotatable bonds is 6. The first-order valence-electron chi connectivity index (χ1n) is 9.05. The van der Waals surface area contributed by atoms with Crippen molar-refractivity contribution in [2.75, 3.05) is 24.2 Å². The van der Waals surface area contributed by atoms with Gasteiger partial charge in [-0.1, -0.05) is 35.3 Å². The van der Waals surface area contributed by atoms with Gasteiger partial charge in [0, 0.05) is 25.1 Å². The van der Waals surface area contributed by atoms with E-state index in [4.69, 9.17) is 23.2 Å². The minimum Gasteiger partial charge on any atom is -0.311 e. The van der Waals surface area contributed by atoms with Crippen LogP contribution in [-0.4, -0.2) is 47.3 Å². The topological polar surface area (TPSA) is 84.3 Å². The van der Waals surface area contributed by atoms with Gasteiger partial charge in [-0.05, 0) is 31.4 Å². The number of nitrogens with one attached hydrogen (secondary N) is 1. The molecule has 3 rings (SSSR count). The van der Waals surface area contributed by atoms with Gasteiger partial charge in [-0.25, -0.2) is 17.4 Å². The van der Waals surface area contributed by atoms with Crippen LogP contribution in [0.3, 0.4) is 0 Å². The Labute approximate surface area is 174 Å². The van der Waals surface area contributed by atoms with Crippen LogP contribution < -0.4 is 5.32 Å². The lowest BCUT2D eigenvalue weighted by Gasteiger charge is -2.30. The monoisotopic (exact) mass is 444 g/mol. The number of nitrogens with zero attached hydrogens (tertiary/aromatic N) is 3. The van der Waals surface area contributed by atoms with Gasteiger partial charge in [0.05, 0.1) is 28.5 Å². The molecule has 1 aromatic carbocycles. The molecule has 0 aliphatic carbocycles. The second-order valence-corrected chi connectivity index (χ2v) is 9.69. The van der Waals surface area contributed by atoms with Gasteiger partial charge in [0.25, 0.3) is 0 Å². The SMILES string of the molecule is CCS(=O)(=O)N1CCC(C(=O)Nc2ccnn2Cc2cccc(Cl)c2Cl)CC1. The Morgan fingerprint density at radius 2 is 1.96 bits per heavy atom. The Bertz CT molecular complexity index is 953. The summed E-state index contributed by atoms with van der Waals surface area (Å²) in [6.45, 7) is 2.73. The van der Waals surface area contributed by atoms with Gasteiger partial charge in [-0.3, -0.25) is 4.79 Å². The number of anilines is 1. The zero-order valence-corrected chi connectivity index (χ0v) is 17.8. The van der Waals surface area contributed by atoms with Gasteiger partial charge in [-0.2, -0.15) is 5.10 Å². The molecule has 2 heterocycles. The highest BCUT2D eigenvalue weighted by atomic mass is 35.5. The maximum Gasteiger partial charge on any atom is 0.228 e. The molecule has 1 N–H and O–H groups in total.